The zero-order chi connectivity index (χ0) is 23.8. The predicted molar refractivity (Wildman–Crippen MR) is 140 cm³/mol. The molecule has 35 heavy (non-hydrogen) atoms. The van der Waals surface area contributed by atoms with Crippen molar-refractivity contribution in [2.45, 2.75) is 0 Å². The summed E-state index contributed by atoms with van der Waals surface area (Å²) in [5.74, 6) is 1.74. The smallest absolute Gasteiger partial charge is 0.225 e. The van der Waals surface area contributed by atoms with E-state index < -0.39 is 0 Å². The maximum atomic E-state index is 6.62. The molecule has 0 atom stereocenters. The van der Waals surface area contributed by atoms with E-state index in [0.717, 1.165) is 66.0 Å². The van der Waals surface area contributed by atoms with Gasteiger partial charge in [0.25, 0.3) is 0 Å². The Morgan fingerprint density at radius 1 is 0.686 bits per heavy atom. The van der Waals surface area contributed by atoms with E-state index in [1.165, 1.54) is 0 Å². The monoisotopic (exact) mass is 501 g/mol. The van der Waals surface area contributed by atoms with Crippen molar-refractivity contribution < 1.29 is 0 Å². The molecule has 1 aliphatic heterocycles. The fraction of sp³-hybridized carbons (Fsp3) is 0.154. The fourth-order valence-corrected chi connectivity index (χ4v) is 4.84. The van der Waals surface area contributed by atoms with E-state index >= 15 is 0 Å². The number of halogens is 2. The van der Waals surface area contributed by atoms with Gasteiger partial charge in [-0.25, -0.2) is 15.0 Å². The van der Waals surface area contributed by atoms with Gasteiger partial charge in [-0.05, 0) is 35.9 Å². The first kappa shape index (κ1) is 21.8. The van der Waals surface area contributed by atoms with Crippen molar-refractivity contribution in [1.82, 2.24) is 24.6 Å². The molecule has 0 amide bonds. The standard InChI is InChI=1S/C26H21Cl2N7/c27-19-8-6-18(7-9-19)23-24(20-4-1-2-5-21(20)28)32-35-22(10-13-29-25(23)35)33-14-16-34(17-15-33)26-30-11-3-12-31-26/h1-13H,14-17H2. The van der Waals surface area contributed by atoms with Crippen molar-refractivity contribution >= 4 is 40.6 Å². The highest BCUT2D eigenvalue weighted by atomic mass is 35.5. The first-order chi connectivity index (χ1) is 17.2. The van der Waals surface area contributed by atoms with Crippen LogP contribution in [-0.4, -0.2) is 50.7 Å². The summed E-state index contributed by atoms with van der Waals surface area (Å²) in [6.07, 6.45) is 5.40. The molecule has 174 valence electrons. The second-order valence-corrected chi connectivity index (χ2v) is 9.12. The van der Waals surface area contributed by atoms with Crippen molar-refractivity contribution in [2.24, 2.45) is 0 Å². The average molecular weight is 502 g/mol. The van der Waals surface area contributed by atoms with Crippen molar-refractivity contribution in [3.05, 3.63) is 89.3 Å². The molecule has 1 fully saturated rings. The van der Waals surface area contributed by atoms with Crippen LogP contribution in [0.2, 0.25) is 10.0 Å². The lowest BCUT2D eigenvalue weighted by molar-refractivity contribution is 0.627. The number of fused-ring (bicyclic) bond motifs is 1. The van der Waals surface area contributed by atoms with E-state index in [2.05, 4.69) is 19.8 Å². The van der Waals surface area contributed by atoms with Gasteiger partial charge in [-0.15, -0.1) is 0 Å². The molecule has 0 aliphatic carbocycles. The number of nitrogens with zero attached hydrogens (tertiary/aromatic N) is 7. The van der Waals surface area contributed by atoms with Crippen LogP contribution in [0.4, 0.5) is 11.8 Å². The Balaban J connectivity index is 1.44. The van der Waals surface area contributed by atoms with Gasteiger partial charge in [0.05, 0.1) is 10.6 Å². The third-order valence-corrected chi connectivity index (χ3v) is 6.78. The molecule has 0 unspecified atom stereocenters. The maximum absolute atomic E-state index is 6.62. The third-order valence-electron chi connectivity index (χ3n) is 6.20. The lowest BCUT2D eigenvalue weighted by Crippen LogP contribution is -2.47. The summed E-state index contributed by atoms with van der Waals surface area (Å²) in [5.41, 5.74) is 4.33. The zero-order valence-electron chi connectivity index (χ0n) is 18.7. The van der Waals surface area contributed by atoms with Gasteiger partial charge in [-0.3, -0.25) is 0 Å². The number of hydrogen-bond acceptors (Lipinski definition) is 6. The Morgan fingerprint density at radius 2 is 1.40 bits per heavy atom. The van der Waals surface area contributed by atoms with Crippen LogP contribution in [0.25, 0.3) is 28.0 Å². The Morgan fingerprint density at radius 3 is 2.14 bits per heavy atom. The van der Waals surface area contributed by atoms with Crippen molar-refractivity contribution in [2.75, 3.05) is 36.0 Å². The molecule has 0 radical (unpaired) electrons. The molecule has 0 bridgehead atoms. The van der Waals surface area contributed by atoms with E-state index in [9.17, 15) is 0 Å². The molecule has 0 spiro atoms. The highest BCUT2D eigenvalue weighted by Crippen LogP contribution is 2.39. The van der Waals surface area contributed by atoms with E-state index in [4.69, 9.17) is 33.3 Å². The van der Waals surface area contributed by atoms with Crippen LogP contribution in [0.15, 0.2) is 79.3 Å². The molecule has 6 rings (SSSR count). The molecule has 7 nitrogen and oxygen atoms in total. The number of benzene rings is 2. The highest BCUT2D eigenvalue weighted by Gasteiger charge is 2.25. The Bertz CT molecular complexity index is 1480. The molecular formula is C26H21Cl2N7. The van der Waals surface area contributed by atoms with Gasteiger partial charge in [-0.2, -0.15) is 9.61 Å². The van der Waals surface area contributed by atoms with Gasteiger partial charge < -0.3 is 9.80 Å². The molecule has 1 aliphatic rings. The van der Waals surface area contributed by atoms with Crippen LogP contribution in [0.1, 0.15) is 0 Å². The van der Waals surface area contributed by atoms with Crippen LogP contribution < -0.4 is 9.80 Å². The van der Waals surface area contributed by atoms with Gasteiger partial charge in [0.2, 0.25) is 5.95 Å². The number of anilines is 2. The molecule has 3 aromatic heterocycles. The predicted octanol–water partition coefficient (Wildman–Crippen LogP) is 5.49. The van der Waals surface area contributed by atoms with Gasteiger partial charge in [-0.1, -0.05) is 53.5 Å². The zero-order valence-corrected chi connectivity index (χ0v) is 20.2. The van der Waals surface area contributed by atoms with Gasteiger partial charge in [0, 0.05) is 55.4 Å². The number of rotatable bonds is 4. The first-order valence-electron chi connectivity index (χ1n) is 11.3. The van der Waals surface area contributed by atoms with Crippen molar-refractivity contribution in [1.29, 1.82) is 0 Å². The minimum Gasteiger partial charge on any atom is -0.353 e. The van der Waals surface area contributed by atoms with Gasteiger partial charge in [0.15, 0.2) is 5.65 Å². The summed E-state index contributed by atoms with van der Waals surface area (Å²) in [5, 5.41) is 6.37. The van der Waals surface area contributed by atoms with Crippen LogP contribution in [-0.2, 0) is 0 Å². The van der Waals surface area contributed by atoms with E-state index in [-0.39, 0.29) is 0 Å². The molecule has 0 N–H and O–H groups in total. The summed E-state index contributed by atoms with van der Waals surface area (Å²) in [4.78, 5) is 18.1. The van der Waals surface area contributed by atoms with Crippen LogP contribution in [0.3, 0.4) is 0 Å². The molecule has 0 saturated carbocycles. The van der Waals surface area contributed by atoms with Crippen LogP contribution in [0.5, 0.6) is 0 Å². The lowest BCUT2D eigenvalue weighted by atomic mass is 10.0. The molecular weight excluding hydrogens is 481 g/mol. The van der Waals surface area contributed by atoms with Crippen molar-refractivity contribution in [3.8, 4) is 22.4 Å². The summed E-state index contributed by atoms with van der Waals surface area (Å²) in [7, 11) is 0. The summed E-state index contributed by atoms with van der Waals surface area (Å²) >= 11 is 12.8. The highest BCUT2D eigenvalue weighted by molar-refractivity contribution is 6.33. The second-order valence-electron chi connectivity index (χ2n) is 8.27. The summed E-state index contributed by atoms with van der Waals surface area (Å²) in [6, 6.07) is 19.3. The molecule has 2 aromatic carbocycles. The Hall–Kier alpha value is -3.68. The molecule has 5 aromatic rings. The van der Waals surface area contributed by atoms with E-state index in [1.807, 2.05) is 71.4 Å². The second kappa shape index (κ2) is 9.17. The fourth-order valence-electron chi connectivity index (χ4n) is 4.49. The summed E-state index contributed by atoms with van der Waals surface area (Å²) in [6.45, 7) is 3.26. The number of piperazine rings is 1. The molecule has 1 saturated heterocycles. The third kappa shape index (κ3) is 4.07. The van der Waals surface area contributed by atoms with Gasteiger partial charge >= 0.3 is 0 Å². The number of aromatic nitrogens is 5. The topological polar surface area (TPSA) is 62.5 Å². The Labute approximate surface area is 212 Å². The quantitative estimate of drug-likeness (QED) is 0.324. The summed E-state index contributed by atoms with van der Waals surface area (Å²) < 4.78 is 1.93. The SMILES string of the molecule is Clc1ccc(-c2c(-c3ccccc3Cl)nn3c(N4CCN(c5ncccn5)CC4)ccnc23)cc1. The van der Waals surface area contributed by atoms with Crippen LogP contribution >= 0.6 is 23.2 Å². The number of hydrogen-bond donors (Lipinski definition) is 0. The minimum absolute atomic E-state index is 0.643. The molecule has 9 heteroatoms. The Kier molecular flexibility index (Phi) is 5.72. The first-order valence-corrected chi connectivity index (χ1v) is 12.1. The lowest BCUT2D eigenvalue weighted by Gasteiger charge is -2.35. The van der Waals surface area contributed by atoms with Crippen LogP contribution in [0, 0.1) is 0 Å². The largest absolute Gasteiger partial charge is 0.353 e. The molecule has 4 heterocycles. The maximum Gasteiger partial charge on any atom is 0.225 e. The minimum atomic E-state index is 0.643. The van der Waals surface area contributed by atoms with Gasteiger partial charge in [0.1, 0.15) is 11.5 Å². The van der Waals surface area contributed by atoms with E-state index in [1.54, 1.807) is 12.4 Å². The average Bonchev–Trinajstić information content (AvgIpc) is 3.29. The van der Waals surface area contributed by atoms with E-state index in [0.29, 0.717) is 10.0 Å². The normalized spacial score (nSPS) is 14.0. The van der Waals surface area contributed by atoms with Crippen molar-refractivity contribution in [3.63, 3.8) is 0 Å².